The van der Waals surface area contributed by atoms with Crippen molar-refractivity contribution >= 4 is 39.2 Å². The van der Waals surface area contributed by atoms with E-state index in [0.29, 0.717) is 40.1 Å². The summed E-state index contributed by atoms with van der Waals surface area (Å²) in [5.74, 6) is -0.715. The normalized spacial score (nSPS) is 29.3. The molecule has 4 aliphatic rings. The molecule has 2 saturated heterocycles. The zero-order valence-electron chi connectivity index (χ0n) is 30.4. The highest BCUT2D eigenvalue weighted by Gasteiger charge is 2.61. The van der Waals surface area contributed by atoms with Crippen molar-refractivity contribution in [2.24, 2.45) is 11.3 Å². The number of β-amino-alcohol motifs (C(OH)–C–C–N with tert-alkyl or cyclic N) is 1. The molecule has 2 aliphatic carbocycles. The molecule has 0 amide bonds. The average Bonchev–Trinajstić information content (AvgIpc) is 3.71. The van der Waals surface area contributed by atoms with Gasteiger partial charge in [-0.25, -0.2) is 9.37 Å². The van der Waals surface area contributed by atoms with E-state index < -0.39 is 23.2 Å². The molecule has 0 bridgehead atoms. The van der Waals surface area contributed by atoms with Crippen molar-refractivity contribution in [1.29, 1.82) is 0 Å². The zero-order chi connectivity index (χ0) is 38.2. The summed E-state index contributed by atoms with van der Waals surface area (Å²) in [5, 5.41) is 29.3. The maximum absolute atomic E-state index is 17.2. The minimum absolute atomic E-state index is 0.0489. The van der Waals surface area contributed by atoms with Crippen molar-refractivity contribution in [3.63, 3.8) is 0 Å². The third kappa shape index (κ3) is 6.40. The molecular formula is C37H44ClF4N7O5. The molecule has 0 spiro atoms. The number of piperidine rings is 1. The first kappa shape index (κ1) is 37.4. The predicted molar refractivity (Wildman–Crippen MR) is 192 cm³/mol. The first-order valence-corrected chi connectivity index (χ1v) is 18.8. The van der Waals surface area contributed by atoms with Crippen LogP contribution >= 0.6 is 11.6 Å². The fourth-order valence-electron chi connectivity index (χ4n) is 9.35. The highest BCUT2D eigenvalue weighted by atomic mass is 35.5. The van der Waals surface area contributed by atoms with Crippen molar-refractivity contribution in [3.8, 4) is 23.1 Å². The van der Waals surface area contributed by atoms with E-state index in [-0.39, 0.29) is 90.9 Å². The van der Waals surface area contributed by atoms with E-state index in [1.54, 1.807) is 24.9 Å². The maximum Gasteiger partial charge on any atom is 0.417 e. The number of aryl methyl sites for hydroxylation is 1. The number of rotatable bonds is 8. The van der Waals surface area contributed by atoms with Gasteiger partial charge in [0.25, 0.3) is 0 Å². The molecule has 12 nitrogen and oxygen atoms in total. The standard InChI is InChI=1S/C37H44ClF4N7O5/c1-20-12-23-22(15-43-47-23)25(27(20)38)29-28(39)30-26(32(44-29)52-3)31(49-10-11-53-18-34(2,50)17-49)46-33(45-30)54-19-35-7-4-6-24(35)48(9-5-8-35)16-21-13-36(51,14-21)37(40,41)42/h12,15,21,24,50-51H,4-11,13-14,16-19H2,1-3H3,(H,43,47). The minimum atomic E-state index is -4.64. The minimum Gasteiger partial charge on any atom is -0.480 e. The van der Waals surface area contributed by atoms with E-state index in [2.05, 4.69) is 25.1 Å². The Labute approximate surface area is 314 Å². The number of pyridine rings is 1. The van der Waals surface area contributed by atoms with E-state index in [0.717, 1.165) is 38.6 Å². The number of anilines is 1. The van der Waals surface area contributed by atoms with Crippen LogP contribution in [0.25, 0.3) is 33.1 Å². The van der Waals surface area contributed by atoms with Crippen LogP contribution < -0.4 is 14.4 Å². The van der Waals surface area contributed by atoms with Crippen LogP contribution in [0.1, 0.15) is 57.4 Å². The van der Waals surface area contributed by atoms with Gasteiger partial charge >= 0.3 is 12.2 Å². The molecule has 17 heteroatoms. The number of hydrogen-bond donors (Lipinski definition) is 3. The molecule has 4 fully saturated rings. The molecule has 3 unspecified atom stereocenters. The third-order valence-electron chi connectivity index (χ3n) is 11.9. The number of aromatic amines is 1. The first-order chi connectivity index (χ1) is 25.6. The van der Waals surface area contributed by atoms with Crippen LogP contribution in [-0.2, 0) is 4.74 Å². The largest absolute Gasteiger partial charge is 0.480 e. The Morgan fingerprint density at radius 1 is 1.13 bits per heavy atom. The molecule has 3 N–H and O–H groups in total. The SMILES string of the molecule is COc1nc(-c2c(Cl)c(C)cc3[nH]ncc23)c(F)c2nc(OCC34CCCC3N(CC3CC(O)(C(F)(F)F)C3)CCC4)nc(N3CCOCC(C)(O)C3)c12. The fraction of sp³-hybridized carbons (Fsp3) is 0.622. The van der Waals surface area contributed by atoms with Crippen LogP contribution in [0.3, 0.4) is 0 Å². The number of halogens is 5. The Morgan fingerprint density at radius 2 is 1.91 bits per heavy atom. The van der Waals surface area contributed by atoms with Crippen molar-refractivity contribution in [1.82, 2.24) is 30.0 Å². The summed E-state index contributed by atoms with van der Waals surface area (Å²) in [7, 11) is 1.42. The average molecular weight is 778 g/mol. The van der Waals surface area contributed by atoms with Crippen LogP contribution in [0.5, 0.6) is 11.9 Å². The Kier molecular flexibility index (Phi) is 9.39. The molecular weight excluding hydrogens is 734 g/mol. The van der Waals surface area contributed by atoms with Crippen LogP contribution in [0.15, 0.2) is 12.3 Å². The number of alkyl halides is 3. The van der Waals surface area contributed by atoms with E-state index in [1.165, 1.54) is 7.11 Å². The molecule has 2 saturated carbocycles. The van der Waals surface area contributed by atoms with Gasteiger partial charge in [0, 0.05) is 35.5 Å². The van der Waals surface area contributed by atoms with Gasteiger partial charge in [0.1, 0.15) is 28.0 Å². The lowest BCUT2D eigenvalue weighted by Crippen LogP contribution is -2.59. The Morgan fingerprint density at radius 3 is 2.67 bits per heavy atom. The summed E-state index contributed by atoms with van der Waals surface area (Å²) in [6.45, 7) is 5.69. The fourth-order valence-corrected chi connectivity index (χ4v) is 9.60. The van der Waals surface area contributed by atoms with Crippen molar-refractivity contribution in [2.45, 2.75) is 82.2 Å². The second-order valence-corrected chi connectivity index (χ2v) is 16.4. The molecule has 3 atom stereocenters. The van der Waals surface area contributed by atoms with Gasteiger partial charge in [0.05, 0.1) is 50.2 Å². The quantitative estimate of drug-likeness (QED) is 0.182. The zero-order valence-corrected chi connectivity index (χ0v) is 31.2. The van der Waals surface area contributed by atoms with Crippen LogP contribution in [0, 0.1) is 24.1 Å². The second kappa shape index (κ2) is 13.6. The van der Waals surface area contributed by atoms with Gasteiger partial charge in [0.15, 0.2) is 11.4 Å². The van der Waals surface area contributed by atoms with E-state index in [1.807, 2.05) is 6.07 Å². The van der Waals surface area contributed by atoms with E-state index >= 15 is 4.39 Å². The van der Waals surface area contributed by atoms with Gasteiger partial charge in [-0.1, -0.05) is 18.0 Å². The molecule has 2 aliphatic heterocycles. The maximum atomic E-state index is 17.2. The number of ether oxygens (including phenoxy) is 3. The summed E-state index contributed by atoms with van der Waals surface area (Å²) in [4.78, 5) is 18.2. The molecule has 3 aromatic heterocycles. The number of H-pyrrole nitrogens is 1. The van der Waals surface area contributed by atoms with Gasteiger partial charge in [-0.15, -0.1) is 0 Å². The van der Waals surface area contributed by atoms with Crippen molar-refractivity contribution in [2.75, 3.05) is 58.0 Å². The summed E-state index contributed by atoms with van der Waals surface area (Å²) in [6, 6.07) is 1.81. The molecule has 4 aromatic rings. The van der Waals surface area contributed by atoms with Gasteiger partial charge in [0.2, 0.25) is 5.88 Å². The monoisotopic (exact) mass is 777 g/mol. The van der Waals surface area contributed by atoms with Crippen molar-refractivity contribution in [3.05, 3.63) is 28.7 Å². The van der Waals surface area contributed by atoms with Crippen molar-refractivity contribution < 1.29 is 42.0 Å². The number of methoxy groups -OCH3 is 1. The van der Waals surface area contributed by atoms with Crippen LogP contribution in [0.2, 0.25) is 5.02 Å². The lowest BCUT2D eigenvalue weighted by atomic mass is 9.69. The summed E-state index contributed by atoms with van der Waals surface area (Å²) in [6.07, 6.45) is 0.657. The Bertz CT molecular complexity index is 2080. The number of likely N-dealkylation sites (tertiary alicyclic amines) is 1. The predicted octanol–water partition coefficient (Wildman–Crippen LogP) is 5.98. The number of hydrogen-bond acceptors (Lipinski definition) is 11. The highest BCUT2D eigenvalue weighted by Crippen LogP contribution is 2.52. The molecule has 8 rings (SSSR count). The number of aromatic nitrogens is 5. The summed E-state index contributed by atoms with van der Waals surface area (Å²) >= 11 is 6.83. The molecule has 292 valence electrons. The number of benzene rings is 1. The second-order valence-electron chi connectivity index (χ2n) is 16.0. The molecule has 54 heavy (non-hydrogen) atoms. The molecule has 5 heterocycles. The topological polar surface area (TPSA) is 142 Å². The van der Waals surface area contributed by atoms with Gasteiger partial charge in [-0.2, -0.15) is 28.2 Å². The number of nitrogens with zero attached hydrogens (tertiary/aromatic N) is 6. The molecule has 1 aromatic carbocycles. The third-order valence-corrected chi connectivity index (χ3v) is 12.4. The van der Waals surface area contributed by atoms with E-state index in [9.17, 15) is 23.4 Å². The Hall–Kier alpha value is -3.57. The van der Waals surface area contributed by atoms with Gasteiger partial charge in [-0.05, 0) is 76.5 Å². The van der Waals surface area contributed by atoms with Gasteiger partial charge < -0.3 is 29.3 Å². The Balaban J connectivity index is 1.17. The first-order valence-electron chi connectivity index (χ1n) is 18.4. The lowest BCUT2D eigenvalue weighted by molar-refractivity contribution is -0.300. The number of aliphatic hydroxyl groups is 2. The summed E-state index contributed by atoms with van der Waals surface area (Å²) < 4.78 is 75.3. The summed E-state index contributed by atoms with van der Waals surface area (Å²) in [5.41, 5.74) is -2.73. The molecule has 0 radical (unpaired) electrons. The van der Waals surface area contributed by atoms with Gasteiger partial charge in [-0.3, -0.25) is 10.00 Å². The van der Waals surface area contributed by atoms with Crippen LogP contribution in [-0.4, -0.2) is 117 Å². The number of nitrogens with one attached hydrogen (secondary N) is 1. The lowest BCUT2D eigenvalue weighted by Gasteiger charge is -2.51. The van der Waals surface area contributed by atoms with Crippen LogP contribution in [0.4, 0.5) is 23.4 Å². The number of fused-ring (bicyclic) bond motifs is 3. The highest BCUT2D eigenvalue weighted by molar-refractivity contribution is 6.35. The van der Waals surface area contributed by atoms with E-state index in [4.69, 9.17) is 30.8 Å². The smallest absolute Gasteiger partial charge is 0.417 e.